The molecular weight excluding hydrogens is 392 g/mol. The normalized spacial score (nSPS) is 14.7. The number of hydrogen-bond donors (Lipinski definition) is 6. The number of phenols is 1. The zero-order chi connectivity index (χ0) is 22.8. The minimum Gasteiger partial charge on any atom is -0.508 e. The van der Waals surface area contributed by atoms with Crippen LogP contribution in [0.4, 0.5) is 0 Å². The summed E-state index contributed by atoms with van der Waals surface area (Å²) in [5, 5.41) is 25.4. The molecule has 1 rings (SSSR count). The van der Waals surface area contributed by atoms with Crippen molar-refractivity contribution < 1.29 is 29.4 Å². The average molecular weight is 422 g/mol. The van der Waals surface area contributed by atoms with Crippen molar-refractivity contribution in [3.8, 4) is 5.75 Å². The highest BCUT2D eigenvalue weighted by Crippen LogP contribution is 2.12. The first-order valence-corrected chi connectivity index (χ1v) is 9.68. The topological polar surface area (TPSA) is 171 Å². The molecule has 0 bridgehead atoms. The smallest absolute Gasteiger partial charge is 0.322 e. The van der Waals surface area contributed by atoms with Crippen LogP contribution in [0.15, 0.2) is 24.3 Å². The molecule has 0 heterocycles. The Morgan fingerprint density at radius 1 is 1.00 bits per heavy atom. The van der Waals surface area contributed by atoms with Crippen LogP contribution in [-0.4, -0.2) is 58.6 Å². The van der Waals surface area contributed by atoms with E-state index in [-0.39, 0.29) is 18.1 Å². The molecule has 10 heteroatoms. The zero-order valence-electron chi connectivity index (χ0n) is 17.3. The summed E-state index contributed by atoms with van der Waals surface area (Å²) < 4.78 is 0. The second kappa shape index (κ2) is 11.8. The Morgan fingerprint density at radius 3 is 2.13 bits per heavy atom. The number of carboxylic acid groups (broad SMARTS) is 1. The Kier molecular flexibility index (Phi) is 9.76. The van der Waals surface area contributed by atoms with Gasteiger partial charge in [-0.3, -0.25) is 19.2 Å². The SMILES string of the molecule is CCC(C)C(N)C(=O)NC(C)C(=O)NC(Cc1ccc(O)cc1)C(=O)NCC(=O)O. The quantitative estimate of drug-likeness (QED) is 0.279. The molecule has 1 aromatic rings. The van der Waals surface area contributed by atoms with Gasteiger partial charge in [-0.15, -0.1) is 0 Å². The van der Waals surface area contributed by atoms with Crippen molar-refractivity contribution in [2.75, 3.05) is 6.54 Å². The monoisotopic (exact) mass is 422 g/mol. The van der Waals surface area contributed by atoms with E-state index in [9.17, 15) is 24.3 Å². The summed E-state index contributed by atoms with van der Waals surface area (Å²) in [5.41, 5.74) is 6.51. The fourth-order valence-electron chi connectivity index (χ4n) is 2.55. The molecule has 1 aromatic carbocycles. The molecule has 3 amide bonds. The summed E-state index contributed by atoms with van der Waals surface area (Å²) in [6.45, 7) is 4.59. The number of aromatic hydroxyl groups is 1. The molecular formula is C20H30N4O6. The molecule has 30 heavy (non-hydrogen) atoms. The molecule has 0 aliphatic rings. The molecule has 0 saturated carbocycles. The molecule has 166 valence electrons. The largest absolute Gasteiger partial charge is 0.508 e. The number of amides is 3. The first-order chi connectivity index (χ1) is 14.0. The second-order valence-corrected chi connectivity index (χ2v) is 7.18. The fourth-order valence-corrected chi connectivity index (χ4v) is 2.55. The van der Waals surface area contributed by atoms with Gasteiger partial charge in [-0.05, 0) is 30.5 Å². The van der Waals surface area contributed by atoms with E-state index in [1.807, 2.05) is 13.8 Å². The first kappa shape index (κ1) is 24.9. The molecule has 4 atom stereocenters. The van der Waals surface area contributed by atoms with E-state index in [0.717, 1.165) is 0 Å². The van der Waals surface area contributed by atoms with Crippen LogP contribution in [0, 0.1) is 5.92 Å². The van der Waals surface area contributed by atoms with Crippen LogP contribution in [-0.2, 0) is 25.6 Å². The van der Waals surface area contributed by atoms with Crippen molar-refractivity contribution in [3.63, 3.8) is 0 Å². The maximum absolute atomic E-state index is 12.5. The van der Waals surface area contributed by atoms with Gasteiger partial charge in [0.1, 0.15) is 24.4 Å². The van der Waals surface area contributed by atoms with Gasteiger partial charge in [0.05, 0.1) is 6.04 Å². The summed E-state index contributed by atoms with van der Waals surface area (Å²) >= 11 is 0. The molecule has 0 aliphatic carbocycles. The van der Waals surface area contributed by atoms with E-state index in [0.29, 0.717) is 12.0 Å². The van der Waals surface area contributed by atoms with Crippen molar-refractivity contribution in [2.24, 2.45) is 11.7 Å². The maximum Gasteiger partial charge on any atom is 0.322 e. The summed E-state index contributed by atoms with van der Waals surface area (Å²) in [5.74, 6) is -3.02. The van der Waals surface area contributed by atoms with E-state index < -0.39 is 48.4 Å². The number of carbonyl (C=O) groups is 4. The van der Waals surface area contributed by atoms with Gasteiger partial charge in [-0.2, -0.15) is 0 Å². The van der Waals surface area contributed by atoms with E-state index in [2.05, 4.69) is 16.0 Å². The minimum atomic E-state index is -1.22. The number of hydrogen-bond acceptors (Lipinski definition) is 6. The predicted molar refractivity (Wildman–Crippen MR) is 109 cm³/mol. The molecule has 0 saturated heterocycles. The van der Waals surface area contributed by atoms with Crippen molar-refractivity contribution >= 4 is 23.7 Å². The lowest BCUT2D eigenvalue weighted by atomic mass is 9.99. The summed E-state index contributed by atoms with van der Waals surface area (Å²) in [6.07, 6.45) is 0.762. The maximum atomic E-state index is 12.5. The third kappa shape index (κ3) is 8.08. The Balaban J connectivity index is 2.83. The van der Waals surface area contributed by atoms with Gasteiger partial charge >= 0.3 is 5.97 Å². The minimum absolute atomic E-state index is 0.0450. The Bertz CT molecular complexity index is 752. The third-order valence-electron chi connectivity index (χ3n) is 4.73. The van der Waals surface area contributed by atoms with Crippen LogP contribution < -0.4 is 21.7 Å². The lowest BCUT2D eigenvalue weighted by Crippen LogP contribution is -2.56. The first-order valence-electron chi connectivity index (χ1n) is 9.68. The van der Waals surface area contributed by atoms with E-state index >= 15 is 0 Å². The number of aliphatic carboxylic acids is 1. The number of rotatable bonds is 11. The molecule has 0 aliphatic heterocycles. The van der Waals surface area contributed by atoms with Crippen LogP contribution in [0.3, 0.4) is 0 Å². The van der Waals surface area contributed by atoms with Gasteiger partial charge in [0.15, 0.2) is 0 Å². The standard InChI is InChI=1S/C20H30N4O6/c1-4-11(2)17(21)20(30)23-12(3)18(28)24-15(19(29)22-10-16(26)27)9-13-5-7-14(25)8-6-13/h5-8,11-12,15,17,25H,4,9-10,21H2,1-3H3,(H,22,29)(H,23,30)(H,24,28)(H,26,27). The predicted octanol–water partition coefficient (Wildman–Crippen LogP) is -0.502. The number of benzene rings is 1. The highest BCUT2D eigenvalue weighted by atomic mass is 16.4. The van der Waals surface area contributed by atoms with E-state index in [1.54, 1.807) is 12.1 Å². The van der Waals surface area contributed by atoms with Gasteiger partial charge in [0.25, 0.3) is 0 Å². The van der Waals surface area contributed by atoms with E-state index in [1.165, 1.54) is 19.1 Å². The van der Waals surface area contributed by atoms with Gasteiger partial charge in [-0.1, -0.05) is 32.4 Å². The highest BCUT2D eigenvalue weighted by molar-refractivity contribution is 5.93. The highest BCUT2D eigenvalue weighted by Gasteiger charge is 2.27. The van der Waals surface area contributed by atoms with Crippen molar-refractivity contribution in [2.45, 2.75) is 51.7 Å². The van der Waals surface area contributed by atoms with Gasteiger partial charge in [0, 0.05) is 6.42 Å². The molecule has 0 spiro atoms. The van der Waals surface area contributed by atoms with Crippen LogP contribution in [0.2, 0.25) is 0 Å². The van der Waals surface area contributed by atoms with Crippen LogP contribution in [0.1, 0.15) is 32.8 Å². The van der Waals surface area contributed by atoms with Crippen LogP contribution >= 0.6 is 0 Å². The number of phenolic OH excluding ortho intramolecular Hbond substituents is 1. The van der Waals surface area contributed by atoms with Gasteiger partial charge in [0.2, 0.25) is 17.7 Å². The number of nitrogens with two attached hydrogens (primary N) is 1. The van der Waals surface area contributed by atoms with Crippen LogP contribution in [0.25, 0.3) is 0 Å². The molecule has 10 nitrogen and oxygen atoms in total. The molecule has 0 radical (unpaired) electrons. The number of carboxylic acids is 1. The Labute approximate surface area is 175 Å². The molecule has 0 fully saturated rings. The van der Waals surface area contributed by atoms with Crippen molar-refractivity contribution in [1.82, 2.24) is 16.0 Å². The fraction of sp³-hybridized carbons (Fsp3) is 0.500. The Morgan fingerprint density at radius 2 is 1.60 bits per heavy atom. The summed E-state index contributed by atoms with van der Waals surface area (Å²) in [4.78, 5) is 47.8. The lowest BCUT2D eigenvalue weighted by molar-refractivity contribution is -0.138. The zero-order valence-corrected chi connectivity index (χ0v) is 17.3. The summed E-state index contributed by atoms with van der Waals surface area (Å²) in [7, 11) is 0. The number of carbonyl (C=O) groups excluding carboxylic acids is 3. The van der Waals surface area contributed by atoms with Gasteiger partial charge < -0.3 is 31.9 Å². The molecule has 4 unspecified atom stereocenters. The van der Waals surface area contributed by atoms with Crippen LogP contribution in [0.5, 0.6) is 5.75 Å². The van der Waals surface area contributed by atoms with Crippen molar-refractivity contribution in [3.05, 3.63) is 29.8 Å². The van der Waals surface area contributed by atoms with E-state index in [4.69, 9.17) is 10.8 Å². The summed E-state index contributed by atoms with van der Waals surface area (Å²) in [6, 6.07) is 3.22. The Hall–Kier alpha value is -3.14. The van der Waals surface area contributed by atoms with Gasteiger partial charge in [-0.25, -0.2) is 0 Å². The average Bonchev–Trinajstić information content (AvgIpc) is 2.71. The lowest BCUT2D eigenvalue weighted by Gasteiger charge is -2.23. The molecule has 7 N–H and O–H groups in total. The van der Waals surface area contributed by atoms with Crippen molar-refractivity contribution in [1.29, 1.82) is 0 Å². The second-order valence-electron chi connectivity index (χ2n) is 7.18. The number of nitrogens with one attached hydrogen (secondary N) is 3. The molecule has 0 aromatic heterocycles. The third-order valence-corrected chi connectivity index (χ3v) is 4.73.